The number of rotatable bonds is 7. The average molecular weight is 526 g/mol. The summed E-state index contributed by atoms with van der Waals surface area (Å²) in [6.07, 6.45) is 1.15. The van der Waals surface area contributed by atoms with E-state index in [0.717, 1.165) is 33.3 Å². The Bertz CT molecular complexity index is 1520. The zero-order valence-corrected chi connectivity index (χ0v) is 22.3. The SMILES string of the molecule is COc1cc([C@@H]2c3[nH]c4ccccc4c3C[C@H]3C(=O)N(CCc4ccccc4)CC(=O)N23)cc(OC)c1OC. The first kappa shape index (κ1) is 24.9. The first-order valence-electron chi connectivity index (χ1n) is 13.1. The molecule has 39 heavy (non-hydrogen) atoms. The van der Waals surface area contributed by atoms with Crippen LogP contribution in [0.25, 0.3) is 10.9 Å². The van der Waals surface area contributed by atoms with Crippen molar-refractivity contribution in [3.63, 3.8) is 0 Å². The number of nitrogens with one attached hydrogen (secondary N) is 1. The fourth-order valence-corrected chi connectivity index (χ4v) is 6.03. The summed E-state index contributed by atoms with van der Waals surface area (Å²) in [5.41, 5.74) is 4.84. The molecule has 3 heterocycles. The Balaban J connectivity index is 1.45. The third-order valence-electron chi connectivity index (χ3n) is 7.86. The number of fused-ring (bicyclic) bond motifs is 4. The molecule has 0 saturated carbocycles. The lowest BCUT2D eigenvalue weighted by atomic mass is 9.86. The van der Waals surface area contributed by atoms with E-state index in [-0.39, 0.29) is 18.4 Å². The molecule has 1 saturated heterocycles. The first-order chi connectivity index (χ1) is 19.0. The third kappa shape index (κ3) is 4.16. The van der Waals surface area contributed by atoms with Crippen LogP contribution in [-0.2, 0) is 22.4 Å². The summed E-state index contributed by atoms with van der Waals surface area (Å²) < 4.78 is 16.8. The monoisotopic (exact) mass is 525 g/mol. The van der Waals surface area contributed by atoms with Gasteiger partial charge in [-0.05, 0) is 41.3 Å². The highest BCUT2D eigenvalue weighted by Gasteiger charge is 2.48. The summed E-state index contributed by atoms with van der Waals surface area (Å²) >= 11 is 0. The number of aromatic nitrogens is 1. The number of H-pyrrole nitrogens is 1. The molecule has 4 aromatic rings. The highest BCUT2D eigenvalue weighted by Crippen LogP contribution is 2.47. The Labute approximate surface area is 227 Å². The Kier molecular flexibility index (Phi) is 6.38. The van der Waals surface area contributed by atoms with E-state index in [9.17, 15) is 9.59 Å². The Morgan fingerprint density at radius 2 is 1.59 bits per heavy atom. The lowest BCUT2D eigenvalue weighted by molar-refractivity contribution is -0.158. The molecule has 1 fully saturated rings. The van der Waals surface area contributed by atoms with Gasteiger partial charge in [0, 0.05) is 29.6 Å². The van der Waals surface area contributed by atoms with Crippen LogP contribution in [0, 0.1) is 0 Å². The highest BCUT2D eigenvalue weighted by molar-refractivity contribution is 5.97. The summed E-state index contributed by atoms with van der Waals surface area (Å²) in [5, 5.41) is 1.06. The van der Waals surface area contributed by atoms with Gasteiger partial charge in [-0.25, -0.2) is 0 Å². The van der Waals surface area contributed by atoms with E-state index in [1.807, 2.05) is 60.7 Å². The molecule has 0 aliphatic carbocycles. The molecule has 3 aromatic carbocycles. The van der Waals surface area contributed by atoms with Gasteiger partial charge in [0.05, 0.1) is 33.9 Å². The lowest BCUT2D eigenvalue weighted by Crippen LogP contribution is -2.63. The quantitative estimate of drug-likeness (QED) is 0.393. The fraction of sp³-hybridized carbons (Fsp3) is 0.290. The summed E-state index contributed by atoms with van der Waals surface area (Å²) in [4.78, 5) is 34.9. The Morgan fingerprint density at radius 3 is 2.28 bits per heavy atom. The molecule has 2 atom stereocenters. The van der Waals surface area contributed by atoms with Crippen LogP contribution < -0.4 is 14.2 Å². The van der Waals surface area contributed by atoms with Gasteiger partial charge in [-0.15, -0.1) is 0 Å². The number of carbonyl (C=O) groups is 2. The number of hydrogen-bond acceptors (Lipinski definition) is 5. The highest BCUT2D eigenvalue weighted by atomic mass is 16.5. The normalized spacial score (nSPS) is 18.6. The van der Waals surface area contributed by atoms with Crippen LogP contribution in [0.15, 0.2) is 66.7 Å². The predicted molar refractivity (Wildman–Crippen MR) is 147 cm³/mol. The number of methoxy groups -OCH3 is 3. The second kappa shape index (κ2) is 10.0. The van der Waals surface area contributed by atoms with E-state index in [0.29, 0.717) is 36.6 Å². The van der Waals surface area contributed by atoms with Gasteiger partial charge in [0.2, 0.25) is 17.6 Å². The largest absolute Gasteiger partial charge is 0.493 e. The minimum atomic E-state index is -0.613. The smallest absolute Gasteiger partial charge is 0.246 e. The van der Waals surface area contributed by atoms with Gasteiger partial charge in [0.15, 0.2) is 11.5 Å². The maximum atomic E-state index is 14.0. The second-order valence-electron chi connectivity index (χ2n) is 9.94. The van der Waals surface area contributed by atoms with Crippen LogP contribution in [0.4, 0.5) is 0 Å². The molecular weight excluding hydrogens is 494 g/mol. The van der Waals surface area contributed by atoms with Crippen molar-refractivity contribution in [2.45, 2.75) is 24.9 Å². The molecule has 8 heteroatoms. The molecule has 1 N–H and O–H groups in total. The van der Waals surface area contributed by atoms with Gasteiger partial charge in [0.1, 0.15) is 6.04 Å². The number of para-hydroxylation sites is 1. The van der Waals surface area contributed by atoms with Gasteiger partial charge in [-0.3, -0.25) is 9.59 Å². The molecule has 0 unspecified atom stereocenters. The van der Waals surface area contributed by atoms with Gasteiger partial charge >= 0.3 is 0 Å². The lowest BCUT2D eigenvalue weighted by Gasteiger charge is -2.47. The molecule has 200 valence electrons. The molecule has 6 rings (SSSR count). The zero-order valence-electron chi connectivity index (χ0n) is 22.3. The van der Waals surface area contributed by atoms with Crippen LogP contribution >= 0.6 is 0 Å². The number of nitrogens with zero attached hydrogens (tertiary/aromatic N) is 2. The van der Waals surface area contributed by atoms with E-state index in [1.54, 1.807) is 31.1 Å². The number of amides is 2. The van der Waals surface area contributed by atoms with Crippen LogP contribution in [-0.4, -0.2) is 67.1 Å². The van der Waals surface area contributed by atoms with Crippen LogP contribution in [0.1, 0.15) is 28.4 Å². The molecule has 2 aliphatic heterocycles. The maximum Gasteiger partial charge on any atom is 0.246 e. The van der Waals surface area contributed by atoms with Gasteiger partial charge in [-0.1, -0.05) is 48.5 Å². The summed E-state index contributed by atoms with van der Waals surface area (Å²) in [7, 11) is 4.70. The topological polar surface area (TPSA) is 84.1 Å². The molecular formula is C31H31N3O5. The zero-order chi connectivity index (χ0) is 27.1. The average Bonchev–Trinajstić information content (AvgIpc) is 3.35. The van der Waals surface area contributed by atoms with Crippen molar-refractivity contribution < 1.29 is 23.8 Å². The number of hydrogen-bond donors (Lipinski definition) is 1. The number of benzene rings is 3. The van der Waals surface area contributed by atoms with Crippen molar-refractivity contribution >= 4 is 22.7 Å². The third-order valence-corrected chi connectivity index (χ3v) is 7.86. The molecule has 0 spiro atoms. The number of ether oxygens (including phenoxy) is 3. The fourth-order valence-electron chi connectivity index (χ4n) is 6.03. The maximum absolute atomic E-state index is 14.0. The molecule has 8 nitrogen and oxygen atoms in total. The Morgan fingerprint density at radius 1 is 0.897 bits per heavy atom. The van der Waals surface area contributed by atoms with E-state index in [1.165, 1.54) is 0 Å². The first-order valence-corrected chi connectivity index (χ1v) is 13.1. The standard InChI is InChI=1S/C31H31N3O5/c1-37-25-15-20(16-26(38-2)30(25)39-3)29-28-22(21-11-7-8-12-23(21)32-28)17-24-31(36)33(18-27(35)34(24)29)14-13-19-9-5-4-6-10-19/h4-12,15-16,24,29,32H,13-14,17-18H2,1-3H3/t24-,29+/m0/s1. The van der Waals surface area contributed by atoms with Crippen LogP contribution in [0.2, 0.25) is 0 Å². The minimum absolute atomic E-state index is 0.0288. The predicted octanol–water partition coefficient (Wildman–Crippen LogP) is 4.12. The van der Waals surface area contributed by atoms with Crippen molar-refractivity contribution in [2.24, 2.45) is 0 Å². The number of carbonyl (C=O) groups excluding carboxylic acids is 2. The summed E-state index contributed by atoms with van der Waals surface area (Å²) in [5.74, 6) is 1.34. The molecule has 0 bridgehead atoms. The molecule has 1 aromatic heterocycles. The second-order valence-corrected chi connectivity index (χ2v) is 9.94. The van der Waals surface area contributed by atoms with Gasteiger partial charge < -0.3 is 29.0 Å². The molecule has 0 radical (unpaired) electrons. The number of piperazine rings is 1. The number of aromatic amines is 1. The minimum Gasteiger partial charge on any atom is -0.493 e. The molecule has 2 amide bonds. The Hall–Kier alpha value is -4.46. The van der Waals surface area contributed by atoms with Gasteiger partial charge in [-0.2, -0.15) is 0 Å². The van der Waals surface area contributed by atoms with Crippen molar-refractivity contribution in [3.05, 3.63) is 89.1 Å². The van der Waals surface area contributed by atoms with Crippen LogP contribution in [0.3, 0.4) is 0 Å². The summed E-state index contributed by atoms with van der Waals surface area (Å²) in [6.45, 7) is 0.535. The summed E-state index contributed by atoms with van der Waals surface area (Å²) in [6, 6.07) is 20.7. The van der Waals surface area contributed by atoms with E-state index in [2.05, 4.69) is 11.1 Å². The van der Waals surface area contributed by atoms with E-state index >= 15 is 0 Å². The van der Waals surface area contributed by atoms with Crippen molar-refractivity contribution in [1.29, 1.82) is 0 Å². The van der Waals surface area contributed by atoms with E-state index < -0.39 is 12.1 Å². The van der Waals surface area contributed by atoms with Crippen LogP contribution in [0.5, 0.6) is 17.2 Å². The van der Waals surface area contributed by atoms with Crippen molar-refractivity contribution in [3.8, 4) is 17.2 Å². The van der Waals surface area contributed by atoms with E-state index in [4.69, 9.17) is 14.2 Å². The molecule has 2 aliphatic rings. The van der Waals surface area contributed by atoms with Crippen molar-refractivity contribution in [1.82, 2.24) is 14.8 Å². The van der Waals surface area contributed by atoms with Crippen molar-refractivity contribution in [2.75, 3.05) is 34.4 Å². The van der Waals surface area contributed by atoms with Gasteiger partial charge in [0.25, 0.3) is 0 Å².